The molecule has 37 heavy (non-hydrogen) atoms. The van der Waals surface area contributed by atoms with E-state index in [1.807, 2.05) is 91.6 Å². The van der Waals surface area contributed by atoms with Gasteiger partial charge in [0.25, 0.3) is 5.91 Å². The number of carbonyl (C=O) groups is 1. The third-order valence-electron chi connectivity index (χ3n) is 6.68. The molecule has 0 radical (unpaired) electrons. The smallest absolute Gasteiger partial charge is 0.254 e. The largest absolute Gasteiger partial charge is 0.491 e. The Balaban J connectivity index is 1.35. The minimum atomic E-state index is 0.0519. The fraction of sp³-hybridized carbons (Fsp3) is 0.250. The molecule has 0 saturated carbocycles. The summed E-state index contributed by atoms with van der Waals surface area (Å²) in [7, 11) is 0. The second kappa shape index (κ2) is 10.9. The van der Waals surface area contributed by atoms with Gasteiger partial charge in [0.1, 0.15) is 11.6 Å². The monoisotopic (exact) mass is 491 g/mol. The number of hydrogen-bond donors (Lipinski definition) is 0. The summed E-state index contributed by atoms with van der Waals surface area (Å²) < 4.78 is 5.77. The van der Waals surface area contributed by atoms with E-state index in [1.165, 1.54) is 10.9 Å². The first-order valence-corrected chi connectivity index (χ1v) is 12.9. The standard InChI is InChI=1S/C32H33N3O2/c1-23(2)37-27-15-13-25(14-16-27)22-29(26-9-5-4-6-10-26)32(36)35-19-17-34(18-20-35)31-21-24(3)28-11-7-8-12-30(28)33-31/h4-16,21-23H,17-20H2,1-3H3/b29-22+. The maximum atomic E-state index is 13.8. The topological polar surface area (TPSA) is 45.7 Å². The van der Waals surface area contributed by atoms with Crippen LogP contribution >= 0.6 is 0 Å². The molecule has 5 rings (SSSR count). The third kappa shape index (κ3) is 5.67. The van der Waals surface area contributed by atoms with Crippen LogP contribution in [-0.2, 0) is 4.79 Å². The molecule has 4 aromatic rings. The fourth-order valence-electron chi connectivity index (χ4n) is 4.77. The summed E-state index contributed by atoms with van der Waals surface area (Å²) in [6.45, 7) is 8.95. The van der Waals surface area contributed by atoms with Gasteiger partial charge in [0.05, 0.1) is 11.6 Å². The van der Waals surface area contributed by atoms with E-state index in [2.05, 4.69) is 30.0 Å². The van der Waals surface area contributed by atoms with E-state index < -0.39 is 0 Å². The fourth-order valence-corrected chi connectivity index (χ4v) is 4.77. The molecule has 0 N–H and O–H groups in total. The predicted molar refractivity (Wildman–Crippen MR) is 152 cm³/mol. The van der Waals surface area contributed by atoms with Gasteiger partial charge in [-0.05, 0) is 67.8 Å². The van der Waals surface area contributed by atoms with Crippen molar-refractivity contribution in [2.24, 2.45) is 0 Å². The van der Waals surface area contributed by atoms with Crippen LogP contribution < -0.4 is 9.64 Å². The lowest BCUT2D eigenvalue weighted by molar-refractivity contribution is -0.125. The average Bonchev–Trinajstić information content (AvgIpc) is 2.92. The molecule has 0 unspecified atom stereocenters. The van der Waals surface area contributed by atoms with Crippen molar-refractivity contribution in [1.29, 1.82) is 0 Å². The third-order valence-corrected chi connectivity index (χ3v) is 6.68. The van der Waals surface area contributed by atoms with Crippen LogP contribution in [0.25, 0.3) is 22.6 Å². The van der Waals surface area contributed by atoms with Crippen LogP contribution in [-0.4, -0.2) is 48.1 Å². The van der Waals surface area contributed by atoms with Gasteiger partial charge in [-0.2, -0.15) is 0 Å². The molecular formula is C32H33N3O2. The summed E-state index contributed by atoms with van der Waals surface area (Å²) >= 11 is 0. The molecule has 5 heteroatoms. The first-order valence-electron chi connectivity index (χ1n) is 12.9. The quantitative estimate of drug-likeness (QED) is 0.237. The van der Waals surface area contributed by atoms with Gasteiger partial charge in [0, 0.05) is 37.1 Å². The van der Waals surface area contributed by atoms with Gasteiger partial charge in [-0.1, -0.05) is 60.7 Å². The highest BCUT2D eigenvalue weighted by atomic mass is 16.5. The SMILES string of the molecule is Cc1cc(N2CCN(C(=O)/C(=C/c3ccc(OC(C)C)cc3)c3ccccc3)CC2)nc2ccccc12. The van der Waals surface area contributed by atoms with E-state index in [0.29, 0.717) is 18.7 Å². The molecule has 0 atom stereocenters. The maximum Gasteiger partial charge on any atom is 0.254 e. The van der Waals surface area contributed by atoms with E-state index >= 15 is 0 Å². The number of carbonyl (C=O) groups excluding carboxylic acids is 1. The molecule has 1 amide bonds. The van der Waals surface area contributed by atoms with E-state index in [-0.39, 0.29) is 12.0 Å². The van der Waals surface area contributed by atoms with Gasteiger partial charge >= 0.3 is 0 Å². The van der Waals surface area contributed by atoms with E-state index in [0.717, 1.165) is 41.3 Å². The molecule has 1 saturated heterocycles. The zero-order chi connectivity index (χ0) is 25.8. The van der Waals surface area contributed by atoms with E-state index in [1.54, 1.807) is 0 Å². The minimum absolute atomic E-state index is 0.0519. The summed E-state index contributed by atoms with van der Waals surface area (Å²) in [5, 5.41) is 1.18. The number of benzene rings is 3. The highest BCUT2D eigenvalue weighted by molar-refractivity contribution is 6.24. The Morgan fingerprint density at radius 1 is 0.892 bits per heavy atom. The molecule has 0 aliphatic carbocycles. The summed E-state index contributed by atoms with van der Waals surface area (Å²) in [4.78, 5) is 22.9. The molecular weight excluding hydrogens is 458 g/mol. The Morgan fingerprint density at radius 2 is 1.57 bits per heavy atom. The van der Waals surface area contributed by atoms with Crippen molar-refractivity contribution in [3.63, 3.8) is 0 Å². The normalized spacial score (nSPS) is 14.3. The van der Waals surface area contributed by atoms with Crippen LogP contribution in [0.1, 0.15) is 30.5 Å². The molecule has 1 aliphatic rings. The number of hydrogen-bond acceptors (Lipinski definition) is 4. The van der Waals surface area contributed by atoms with Crippen LogP contribution in [0.2, 0.25) is 0 Å². The molecule has 3 aromatic carbocycles. The number of rotatable bonds is 6. The van der Waals surface area contributed by atoms with Crippen LogP contribution in [0.15, 0.2) is 84.9 Å². The highest BCUT2D eigenvalue weighted by Gasteiger charge is 2.25. The summed E-state index contributed by atoms with van der Waals surface area (Å²) in [6, 6.07) is 28.2. The van der Waals surface area contributed by atoms with Crippen LogP contribution in [0.4, 0.5) is 5.82 Å². The number of pyridine rings is 1. The highest BCUT2D eigenvalue weighted by Crippen LogP contribution is 2.26. The van der Waals surface area contributed by atoms with Crippen molar-refractivity contribution in [3.8, 4) is 5.75 Å². The average molecular weight is 492 g/mol. The molecule has 5 nitrogen and oxygen atoms in total. The minimum Gasteiger partial charge on any atom is -0.491 e. The van der Waals surface area contributed by atoms with Crippen molar-refractivity contribution < 1.29 is 9.53 Å². The van der Waals surface area contributed by atoms with Gasteiger partial charge in [-0.25, -0.2) is 4.98 Å². The first kappa shape index (κ1) is 24.6. The Morgan fingerprint density at radius 3 is 2.27 bits per heavy atom. The second-order valence-corrected chi connectivity index (χ2v) is 9.75. The van der Waals surface area contributed by atoms with Crippen molar-refractivity contribution >= 4 is 34.3 Å². The molecule has 1 aliphatic heterocycles. The van der Waals surface area contributed by atoms with Crippen LogP contribution in [0.5, 0.6) is 5.75 Å². The Bertz CT molecular complexity index is 1400. The molecule has 1 fully saturated rings. The number of aromatic nitrogens is 1. The number of amides is 1. The molecule has 1 aromatic heterocycles. The lowest BCUT2D eigenvalue weighted by Gasteiger charge is -2.36. The zero-order valence-corrected chi connectivity index (χ0v) is 21.7. The van der Waals surface area contributed by atoms with Crippen LogP contribution in [0, 0.1) is 6.92 Å². The zero-order valence-electron chi connectivity index (χ0n) is 21.7. The predicted octanol–water partition coefficient (Wildman–Crippen LogP) is 6.22. The van der Waals surface area contributed by atoms with Crippen LogP contribution in [0.3, 0.4) is 0 Å². The number of anilines is 1. The molecule has 0 spiro atoms. The van der Waals surface area contributed by atoms with Crippen molar-refractivity contribution in [2.75, 3.05) is 31.1 Å². The Kier molecular flexibility index (Phi) is 7.22. The molecule has 188 valence electrons. The van der Waals surface area contributed by atoms with Crippen molar-refractivity contribution in [1.82, 2.24) is 9.88 Å². The van der Waals surface area contributed by atoms with E-state index in [4.69, 9.17) is 9.72 Å². The Hall–Kier alpha value is -4.12. The second-order valence-electron chi connectivity index (χ2n) is 9.75. The summed E-state index contributed by atoms with van der Waals surface area (Å²) in [5.41, 5.74) is 4.82. The first-order chi connectivity index (χ1) is 18.0. The number of fused-ring (bicyclic) bond motifs is 1. The number of ether oxygens (including phenoxy) is 1. The lowest BCUT2D eigenvalue weighted by Crippen LogP contribution is -2.49. The Labute approximate surface area is 219 Å². The number of para-hydroxylation sites is 1. The van der Waals surface area contributed by atoms with E-state index in [9.17, 15) is 4.79 Å². The maximum absolute atomic E-state index is 13.8. The van der Waals surface area contributed by atoms with Gasteiger partial charge in [-0.15, -0.1) is 0 Å². The van der Waals surface area contributed by atoms with Gasteiger partial charge in [0.2, 0.25) is 0 Å². The molecule has 2 heterocycles. The summed E-state index contributed by atoms with van der Waals surface area (Å²) in [6.07, 6.45) is 2.10. The summed E-state index contributed by atoms with van der Waals surface area (Å²) in [5.74, 6) is 1.86. The van der Waals surface area contributed by atoms with Crippen molar-refractivity contribution in [3.05, 3.63) is 102 Å². The molecule has 0 bridgehead atoms. The van der Waals surface area contributed by atoms with Gasteiger partial charge in [0.15, 0.2) is 0 Å². The number of aryl methyl sites for hydroxylation is 1. The lowest BCUT2D eigenvalue weighted by atomic mass is 10.0. The van der Waals surface area contributed by atoms with Crippen molar-refractivity contribution in [2.45, 2.75) is 26.9 Å². The van der Waals surface area contributed by atoms with Gasteiger partial charge in [-0.3, -0.25) is 4.79 Å². The number of piperazine rings is 1. The van der Waals surface area contributed by atoms with Gasteiger partial charge < -0.3 is 14.5 Å². The number of nitrogens with zero attached hydrogens (tertiary/aromatic N) is 3.